The number of ether oxygens (including phenoxy) is 2. The predicted octanol–water partition coefficient (Wildman–Crippen LogP) is 1.41. The largest absolute Gasteiger partial charge is 0.491 e. The zero-order valence-corrected chi connectivity index (χ0v) is 10.1. The summed E-state index contributed by atoms with van der Waals surface area (Å²) >= 11 is 3.72. The van der Waals surface area contributed by atoms with E-state index >= 15 is 0 Å². The van der Waals surface area contributed by atoms with Crippen molar-refractivity contribution in [3.63, 3.8) is 0 Å². The van der Waals surface area contributed by atoms with Crippen LogP contribution in [0.1, 0.15) is 0 Å². The maximum Gasteiger partial charge on any atom is 0.343 e. The van der Waals surface area contributed by atoms with Crippen LogP contribution in [0, 0.1) is 0 Å². The number of rotatable bonds is 6. The SMILES string of the molecule is C=C(S)C(=O)OCC(O)COc1ccccc1. The number of esters is 1. The quantitative estimate of drug-likeness (QED) is 0.458. The average Bonchev–Trinajstić information content (AvgIpc) is 2.34. The summed E-state index contributed by atoms with van der Waals surface area (Å²) < 4.78 is 9.99. The number of benzene rings is 1. The van der Waals surface area contributed by atoms with Crippen molar-refractivity contribution in [1.29, 1.82) is 0 Å². The van der Waals surface area contributed by atoms with Gasteiger partial charge in [-0.05, 0) is 12.1 Å². The van der Waals surface area contributed by atoms with E-state index in [4.69, 9.17) is 9.47 Å². The van der Waals surface area contributed by atoms with Crippen molar-refractivity contribution in [2.75, 3.05) is 13.2 Å². The lowest BCUT2D eigenvalue weighted by molar-refractivity contribution is -0.141. The molecule has 4 nitrogen and oxygen atoms in total. The molecule has 1 aromatic carbocycles. The molecule has 0 saturated carbocycles. The lowest BCUT2D eigenvalue weighted by Gasteiger charge is -2.12. The average molecular weight is 254 g/mol. The maximum absolute atomic E-state index is 11.0. The van der Waals surface area contributed by atoms with Crippen molar-refractivity contribution in [2.45, 2.75) is 6.10 Å². The van der Waals surface area contributed by atoms with E-state index in [1.807, 2.05) is 18.2 Å². The summed E-state index contributed by atoms with van der Waals surface area (Å²) in [7, 11) is 0. The fraction of sp³-hybridized carbons (Fsp3) is 0.250. The smallest absolute Gasteiger partial charge is 0.343 e. The number of thiol groups is 1. The highest BCUT2D eigenvalue weighted by atomic mass is 32.1. The van der Waals surface area contributed by atoms with E-state index in [1.54, 1.807) is 12.1 Å². The Hall–Kier alpha value is -1.46. The third-order valence-corrected chi connectivity index (χ3v) is 2.01. The molecule has 17 heavy (non-hydrogen) atoms. The number of aliphatic hydroxyl groups is 1. The van der Waals surface area contributed by atoms with Gasteiger partial charge in [0, 0.05) is 0 Å². The summed E-state index contributed by atoms with van der Waals surface area (Å²) in [5, 5.41) is 9.48. The van der Waals surface area contributed by atoms with E-state index in [0.717, 1.165) is 0 Å². The summed E-state index contributed by atoms with van der Waals surface area (Å²) in [6, 6.07) is 9.06. The number of carbonyl (C=O) groups is 1. The molecule has 0 aliphatic carbocycles. The predicted molar refractivity (Wildman–Crippen MR) is 67.0 cm³/mol. The second-order valence-electron chi connectivity index (χ2n) is 3.32. The second-order valence-corrected chi connectivity index (χ2v) is 3.86. The van der Waals surface area contributed by atoms with Gasteiger partial charge in [-0.2, -0.15) is 0 Å². The summed E-state index contributed by atoms with van der Waals surface area (Å²) in [5.74, 6) is 0.00331. The van der Waals surface area contributed by atoms with Crippen molar-refractivity contribution in [3.8, 4) is 5.75 Å². The summed E-state index contributed by atoms with van der Waals surface area (Å²) in [6.45, 7) is 3.21. The van der Waals surface area contributed by atoms with E-state index in [1.165, 1.54) is 0 Å². The fourth-order valence-corrected chi connectivity index (χ4v) is 1.08. The molecule has 1 rings (SSSR count). The molecule has 0 amide bonds. The van der Waals surface area contributed by atoms with Crippen LogP contribution in [-0.4, -0.2) is 30.4 Å². The van der Waals surface area contributed by atoms with Gasteiger partial charge in [0.05, 0.1) is 4.91 Å². The first-order valence-electron chi connectivity index (χ1n) is 5.00. The Labute approximate surface area is 105 Å². The van der Waals surface area contributed by atoms with Crippen LogP contribution in [0.4, 0.5) is 0 Å². The van der Waals surface area contributed by atoms with E-state index in [0.29, 0.717) is 5.75 Å². The molecule has 1 atom stereocenters. The molecule has 0 heterocycles. The Morgan fingerprint density at radius 1 is 1.35 bits per heavy atom. The van der Waals surface area contributed by atoms with Crippen LogP contribution in [-0.2, 0) is 9.53 Å². The number of carbonyl (C=O) groups excluding carboxylic acids is 1. The molecule has 0 bridgehead atoms. The minimum Gasteiger partial charge on any atom is -0.491 e. The third kappa shape index (κ3) is 5.42. The molecule has 92 valence electrons. The molecule has 0 aromatic heterocycles. The molecule has 1 aromatic rings. The molecule has 0 spiro atoms. The van der Waals surface area contributed by atoms with E-state index in [2.05, 4.69) is 19.2 Å². The van der Waals surface area contributed by atoms with Gasteiger partial charge in [-0.3, -0.25) is 0 Å². The van der Waals surface area contributed by atoms with Crippen LogP contribution >= 0.6 is 12.6 Å². The Balaban J connectivity index is 2.24. The molecule has 0 fully saturated rings. The van der Waals surface area contributed by atoms with E-state index in [9.17, 15) is 9.90 Å². The van der Waals surface area contributed by atoms with Crippen LogP contribution in [0.3, 0.4) is 0 Å². The van der Waals surface area contributed by atoms with Crippen molar-refractivity contribution >= 4 is 18.6 Å². The number of hydrogen-bond acceptors (Lipinski definition) is 5. The number of para-hydroxylation sites is 1. The van der Waals surface area contributed by atoms with Gasteiger partial charge in [-0.15, -0.1) is 12.6 Å². The Kier molecular flexibility index (Phi) is 5.59. The minimum absolute atomic E-state index is 0.00109. The minimum atomic E-state index is -0.883. The van der Waals surface area contributed by atoms with Crippen LogP contribution in [0.2, 0.25) is 0 Å². The summed E-state index contributed by atoms with van der Waals surface area (Å²) in [6.07, 6.45) is -0.883. The molecule has 0 radical (unpaired) electrons. The molecule has 0 saturated heterocycles. The third-order valence-electron chi connectivity index (χ3n) is 1.83. The van der Waals surface area contributed by atoms with Crippen molar-refractivity contribution in [2.24, 2.45) is 0 Å². The Morgan fingerprint density at radius 2 is 2.00 bits per heavy atom. The van der Waals surface area contributed by atoms with Gasteiger partial charge in [0.2, 0.25) is 0 Å². The van der Waals surface area contributed by atoms with Crippen LogP contribution in [0.15, 0.2) is 41.8 Å². The van der Waals surface area contributed by atoms with Gasteiger partial charge in [0.25, 0.3) is 0 Å². The van der Waals surface area contributed by atoms with Gasteiger partial charge in [-0.1, -0.05) is 24.8 Å². The first kappa shape index (κ1) is 13.6. The highest BCUT2D eigenvalue weighted by Gasteiger charge is 2.10. The standard InChI is InChI=1S/C12H14O4S/c1-9(17)12(14)16-8-10(13)7-15-11-5-3-2-4-6-11/h2-6,10,13,17H,1,7-8H2. The molecule has 5 heteroatoms. The second kappa shape index (κ2) is 6.98. The fourth-order valence-electron chi connectivity index (χ4n) is 1.01. The van der Waals surface area contributed by atoms with Crippen LogP contribution in [0.5, 0.6) is 5.75 Å². The van der Waals surface area contributed by atoms with Gasteiger partial charge in [0.1, 0.15) is 25.1 Å². The topological polar surface area (TPSA) is 55.8 Å². The molecule has 1 unspecified atom stereocenters. The molecule has 1 N–H and O–H groups in total. The lowest BCUT2D eigenvalue weighted by atomic mass is 10.3. The highest BCUT2D eigenvalue weighted by molar-refractivity contribution is 7.85. The van der Waals surface area contributed by atoms with E-state index < -0.39 is 12.1 Å². The van der Waals surface area contributed by atoms with Gasteiger partial charge in [0.15, 0.2) is 0 Å². The number of aliphatic hydroxyl groups excluding tert-OH is 1. The highest BCUT2D eigenvalue weighted by Crippen LogP contribution is 2.08. The van der Waals surface area contributed by atoms with Gasteiger partial charge in [-0.25, -0.2) is 4.79 Å². The Bertz CT molecular complexity index is 377. The van der Waals surface area contributed by atoms with Crippen molar-refractivity contribution in [3.05, 3.63) is 41.8 Å². The summed E-state index contributed by atoms with van der Waals surface area (Å²) in [4.78, 5) is 11.0. The number of hydrogen-bond donors (Lipinski definition) is 2. The van der Waals surface area contributed by atoms with E-state index in [-0.39, 0.29) is 18.1 Å². The van der Waals surface area contributed by atoms with Gasteiger partial charge < -0.3 is 14.6 Å². The van der Waals surface area contributed by atoms with Crippen molar-refractivity contribution in [1.82, 2.24) is 0 Å². The van der Waals surface area contributed by atoms with Crippen LogP contribution in [0.25, 0.3) is 0 Å². The first-order chi connectivity index (χ1) is 8.09. The summed E-state index contributed by atoms with van der Waals surface area (Å²) in [5.41, 5.74) is 0. The first-order valence-corrected chi connectivity index (χ1v) is 5.45. The monoisotopic (exact) mass is 254 g/mol. The van der Waals surface area contributed by atoms with Crippen LogP contribution < -0.4 is 4.74 Å². The molecular weight excluding hydrogens is 240 g/mol. The molecule has 0 aliphatic heterocycles. The normalized spacial score (nSPS) is 11.6. The lowest BCUT2D eigenvalue weighted by Crippen LogP contribution is -2.25. The zero-order chi connectivity index (χ0) is 12.7. The van der Waals surface area contributed by atoms with Gasteiger partial charge >= 0.3 is 5.97 Å². The zero-order valence-electron chi connectivity index (χ0n) is 9.20. The molecular formula is C12H14O4S. The Morgan fingerprint density at radius 3 is 2.59 bits per heavy atom. The molecule has 0 aliphatic rings. The maximum atomic E-state index is 11.0. The van der Waals surface area contributed by atoms with Crippen molar-refractivity contribution < 1.29 is 19.4 Å².